The number of aryl methyl sites for hydroxylation is 3. The van der Waals surface area contributed by atoms with E-state index in [1.165, 1.54) is 4.88 Å². The largest absolute Gasteiger partial charge is 0.335 e. The summed E-state index contributed by atoms with van der Waals surface area (Å²) >= 11 is 1.64. The van der Waals surface area contributed by atoms with Crippen LogP contribution in [0.25, 0.3) is 0 Å². The number of hydrogen-bond acceptors (Lipinski definition) is 5. The molecule has 0 N–H and O–H groups in total. The molecule has 0 saturated carbocycles. The van der Waals surface area contributed by atoms with Crippen molar-refractivity contribution in [2.75, 3.05) is 7.05 Å². The first-order valence-corrected chi connectivity index (χ1v) is 7.32. The zero-order valence-corrected chi connectivity index (χ0v) is 13.0. The van der Waals surface area contributed by atoms with Crippen molar-refractivity contribution in [1.82, 2.24) is 19.9 Å². The van der Waals surface area contributed by atoms with Crippen LogP contribution >= 0.6 is 11.3 Å². The fraction of sp³-hybridized carbons (Fsp3) is 0.429. The molecule has 0 spiro atoms. The van der Waals surface area contributed by atoms with E-state index in [2.05, 4.69) is 21.9 Å². The topological polar surface area (TPSA) is 59.0 Å². The molecule has 0 saturated heterocycles. The summed E-state index contributed by atoms with van der Waals surface area (Å²) in [4.78, 5) is 27.9. The van der Waals surface area contributed by atoms with Gasteiger partial charge in [-0.15, -0.1) is 11.3 Å². The Kier molecular flexibility index (Phi) is 4.44. The SMILES string of the molecule is CCc1cnc(CN(C)C(=O)c2cnc(C)nc2C)s1. The summed E-state index contributed by atoms with van der Waals surface area (Å²) in [7, 11) is 1.77. The Labute approximate surface area is 122 Å². The highest BCUT2D eigenvalue weighted by molar-refractivity contribution is 7.11. The van der Waals surface area contributed by atoms with Crippen LogP contribution in [0.1, 0.15) is 38.7 Å². The lowest BCUT2D eigenvalue weighted by atomic mass is 10.2. The molecule has 0 aromatic carbocycles. The molecule has 20 heavy (non-hydrogen) atoms. The number of aromatic nitrogens is 3. The van der Waals surface area contributed by atoms with Crippen LogP contribution in [0.3, 0.4) is 0 Å². The van der Waals surface area contributed by atoms with E-state index in [9.17, 15) is 4.79 Å². The Morgan fingerprint density at radius 2 is 2.05 bits per heavy atom. The summed E-state index contributed by atoms with van der Waals surface area (Å²) in [6.07, 6.45) is 4.44. The molecule has 0 bridgehead atoms. The number of thiazole rings is 1. The number of nitrogens with zero attached hydrogens (tertiary/aromatic N) is 4. The van der Waals surface area contributed by atoms with Gasteiger partial charge >= 0.3 is 0 Å². The third kappa shape index (κ3) is 3.19. The van der Waals surface area contributed by atoms with E-state index in [0.29, 0.717) is 23.6 Å². The summed E-state index contributed by atoms with van der Waals surface area (Å²) in [5.74, 6) is 0.602. The van der Waals surface area contributed by atoms with Crippen molar-refractivity contribution in [2.24, 2.45) is 0 Å². The van der Waals surface area contributed by atoms with Gasteiger partial charge in [-0.2, -0.15) is 0 Å². The number of carbonyl (C=O) groups excluding carboxylic acids is 1. The molecule has 0 radical (unpaired) electrons. The highest BCUT2D eigenvalue weighted by Crippen LogP contribution is 2.16. The lowest BCUT2D eigenvalue weighted by molar-refractivity contribution is 0.0783. The molecule has 1 amide bonds. The van der Waals surface area contributed by atoms with Crippen LogP contribution in [-0.2, 0) is 13.0 Å². The molecule has 2 rings (SSSR count). The highest BCUT2D eigenvalue weighted by atomic mass is 32.1. The van der Waals surface area contributed by atoms with E-state index in [-0.39, 0.29) is 5.91 Å². The molecule has 0 atom stereocenters. The Bertz CT molecular complexity index is 623. The van der Waals surface area contributed by atoms with Crippen molar-refractivity contribution in [2.45, 2.75) is 33.7 Å². The van der Waals surface area contributed by atoms with Gasteiger partial charge in [-0.1, -0.05) is 6.92 Å². The van der Waals surface area contributed by atoms with Gasteiger partial charge in [-0.3, -0.25) is 4.79 Å². The maximum Gasteiger partial charge on any atom is 0.257 e. The second-order valence-corrected chi connectivity index (χ2v) is 5.85. The van der Waals surface area contributed by atoms with E-state index < -0.39 is 0 Å². The van der Waals surface area contributed by atoms with Gasteiger partial charge < -0.3 is 4.90 Å². The first-order chi connectivity index (χ1) is 9.51. The fourth-order valence-electron chi connectivity index (χ4n) is 1.86. The molecular formula is C14H18N4OS. The van der Waals surface area contributed by atoms with Crippen LogP contribution in [0.5, 0.6) is 0 Å². The molecule has 2 aromatic heterocycles. The molecule has 0 unspecified atom stereocenters. The molecule has 0 fully saturated rings. The number of carbonyl (C=O) groups is 1. The molecule has 0 aliphatic heterocycles. The molecule has 2 heterocycles. The Hall–Kier alpha value is -1.82. The van der Waals surface area contributed by atoms with E-state index in [0.717, 1.165) is 11.4 Å². The van der Waals surface area contributed by atoms with Gasteiger partial charge in [0.25, 0.3) is 5.91 Å². The van der Waals surface area contributed by atoms with Gasteiger partial charge in [0.2, 0.25) is 0 Å². The van der Waals surface area contributed by atoms with E-state index in [1.807, 2.05) is 20.0 Å². The van der Waals surface area contributed by atoms with Crippen LogP contribution in [0, 0.1) is 13.8 Å². The molecule has 0 aliphatic rings. The van der Waals surface area contributed by atoms with Crippen molar-refractivity contribution in [3.63, 3.8) is 0 Å². The van der Waals surface area contributed by atoms with Crippen LogP contribution in [-0.4, -0.2) is 32.8 Å². The van der Waals surface area contributed by atoms with Gasteiger partial charge in [-0.25, -0.2) is 15.0 Å². The van der Waals surface area contributed by atoms with E-state index in [1.54, 1.807) is 29.5 Å². The quantitative estimate of drug-likeness (QED) is 0.867. The number of rotatable bonds is 4. The molecular weight excluding hydrogens is 272 g/mol. The Morgan fingerprint density at radius 1 is 1.30 bits per heavy atom. The zero-order chi connectivity index (χ0) is 14.7. The summed E-state index contributed by atoms with van der Waals surface area (Å²) in [5.41, 5.74) is 1.26. The fourth-order valence-corrected chi connectivity index (χ4v) is 2.77. The average Bonchev–Trinajstić information content (AvgIpc) is 2.85. The van der Waals surface area contributed by atoms with E-state index >= 15 is 0 Å². The van der Waals surface area contributed by atoms with Gasteiger partial charge in [0.05, 0.1) is 17.8 Å². The Morgan fingerprint density at radius 3 is 2.65 bits per heavy atom. The summed E-state index contributed by atoms with van der Waals surface area (Å²) < 4.78 is 0. The highest BCUT2D eigenvalue weighted by Gasteiger charge is 2.17. The minimum Gasteiger partial charge on any atom is -0.335 e. The molecule has 6 heteroatoms. The molecule has 5 nitrogen and oxygen atoms in total. The predicted molar refractivity (Wildman–Crippen MR) is 78.8 cm³/mol. The smallest absolute Gasteiger partial charge is 0.257 e. The van der Waals surface area contributed by atoms with Gasteiger partial charge in [-0.05, 0) is 20.3 Å². The van der Waals surface area contributed by atoms with Crippen molar-refractivity contribution in [1.29, 1.82) is 0 Å². The van der Waals surface area contributed by atoms with Crippen LogP contribution < -0.4 is 0 Å². The van der Waals surface area contributed by atoms with E-state index in [4.69, 9.17) is 0 Å². The van der Waals surface area contributed by atoms with Crippen molar-refractivity contribution in [3.8, 4) is 0 Å². The normalized spacial score (nSPS) is 10.6. The molecule has 2 aromatic rings. The lowest BCUT2D eigenvalue weighted by Crippen LogP contribution is -2.27. The lowest BCUT2D eigenvalue weighted by Gasteiger charge is -2.16. The van der Waals surface area contributed by atoms with Crippen molar-refractivity contribution >= 4 is 17.2 Å². The first-order valence-electron chi connectivity index (χ1n) is 6.50. The summed E-state index contributed by atoms with van der Waals surface area (Å²) in [6.45, 7) is 6.25. The number of hydrogen-bond donors (Lipinski definition) is 0. The minimum absolute atomic E-state index is 0.0734. The van der Waals surface area contributed by atoms with Gasteiger partial charge in [0.15, 0.2) is 0 Å². The summed E-state index contributed by atoms with van der Waals surface area (Å²) in [6, 6.07) is 0. The first kappa shape index (κ1) is 14.6. The standard InChI is InChI=1S/C14H18N4OS/c1-5-11-6-16-13(20-11)8-18(4)14(19)12-7-15-10(3)17-9(12)2/h6-7H,5,8H2,1-4H3. The Balaban J connectivity index is 2.12. The van der Waals surface area contributed by atoms with Crippen LogP contribution in [0.2, 0.25) is 0 Å². The molecule has 0 aliphatic carbocycles. The van der Waals surface area contributed by atoms with Crippen LogP contribution in [0.4, 0.5) is 0 Å². The third-order valence-corrected chi connectivity index (χ3v) is 4.13. The van der Waals surface area contributed by atoms with Gasteiger partial charge in [0.1, 0.15) is 10.8 Å². The monoisotopic (exact) mass is 290 g/mol. The van der Waals surface area contributed by atoms with Crippen molar-refractivity contribution < 1.29 is 4.79 Å². The second-order valence-electron chi connectivity index (χ2n) is 4.65. The summed E-state index contributed by atoms with van der Waals surface area (Å²) in [5, 5.41) is 0.948. The predicted octanol–water partition coefficient (Wildman–Crippen LogP) is 2.38. The average molecular weight is 290 g/mol. The van der Waals surface area contributed by atoms with Gasteiger partial charge in [0, 0.05) is 24.3 Å². The maximum atomic E-state index is 12.4. The molecule has 106 valence electrons. The minimum atomic E-state index is -0.0734. The number of amides is 1. The van der Waals surface area contributed by atoms with Crippen molar-refractivity contribution in [3.05, 3.63) is 39.4 Å². The second kappa shape index (κ2) is 6.09. The van der Waals surface area contributed by atoms with Crippen LogP contribution in [0.15, 0.2) is 12.4 Å². The third-order valence-electron chi connectivity index (χ3n) is 3.00. The zero-order valence-electron chi connectivity index (χ0n) is 12.2. The maximum absolute atomic E-state index is 12.4.